The molecule has 38 heavy (non-hydrogen) atoms. The average Bonchev–Trinajstić information content (AvgIpc) is 3.36. The minimum Gasteiger partial charge on any atom is -0.497 e. The minimum absolute atomic E-state index is 0.339. The number of aromatic nitrogens is 3. The first-order valence-electron chi connectivity index (χ1n) is 11.5. The maximum Gasteiger partial charge on any atom is 0.255 e. The van der Waals surface area contributed by atoms with Gasteiger partial charge in [-0.15, -0.1) is 10.2 Å². The van der Waals surface area contributed by atoms with Gasteiger partial charge < -0.3 is 19.5 Å². The molecule has 4 aromatic rings. The first kappa shape index (κ1) is 27.6. The summed E-state index contributed by atoms with van der Waals surface area (Å²) >= 11 is 14.4. The van der Waals surface area contributed by atoms with E-state index in [4.69, 9.17) is 37.4 Å². The molecule has 0 aliphatic carbocycles. The van der Waals surface area contributed by atoms with Crippen molar-refractivity contribution >= 4 is 40.9 Å². The zero-order valence-electron chi connectivity index (χ0n) is 21.2. The van der Waals surface area contributed by atoms with E-state index < -0.39 is 6.04 Å². The number of methoxy groups -OCH3 is 3. The van der Waals surface area contributed by atoms with Crippen LogP contribution in [0, 0.1) is 0 Å². The molecule has 0 bridgehead atoms. The van der Waals surface area contributed by atoms with E-state index in [0.717, 1.165) is 11.3 Å². The Morgan fingerprint density at radius 3 is 2.47 bits per heavy atom. The summed E-state index contributed by atoms with van der Waals surface area (Å²) in [5.41, 5.74) is 2.02. The Morgan fingerprint density at radius 2 is 1.74 bits per heavy atom. The summed E-state index contributed by atoms with van der Waals surface area (Å²) in [5.74, 6) is 2.51. The Kier molecular flexibility index (Phi) is 9.04. The van der Waals surface area contributed by atoms with Crippen LogP contribution < -0.4 is 19.5 Å². The number of thioether (sulfide) groups is 1. The van der Waals surface area contributed by atoms with E-state index in [1.165, 1.54) is 18.9 Å². The van der Waals surface area contributed by atoms with Crippen LogP contribution in [0.3, 0.4) is 0 Å². The van der Waals surface area contributed by atoms with Crippen molar-refractivity contribution in [1.29, 1.82) is 0 Å². The van der Waals surface area contributed by atoms with E-state index in [0.29, 0.717) is 49.5 Å². The lowest BCUT2D eigenvalue weighted by atomic mass is 10.1. The third kappa shape index (κ3) is 6.18. The van der Waals surface area contributed by atoms with Gasteiger partial charge in [0.1, 0.15) is 17.2 Å². The average molecular weight is 574 g/mol. The Morgan fingerprint density at radius 1 is 0.974 bits per heavy atom. The van der Waals surface area contributed by atoms with Gasteiger partial charge in [0, 0.05) is 16.8 Å². The van der Waals surface area contributed by atoms with Crippen LogP contribution >= 0.6 is 35.0 Å². The number of nitrogens with zero attached hydrogens (tertiary/aromatic N) is 3. The van der Waals surface area contributed by atoms with E-state index >= 15 is 0 Å². The smallest absolute Gasteiger partial charge is 0.255 e. The summed E-state index contributed by atoms with van der Waals surface area (Å²) in [7, 11) is 4.68. The molecule has 1 aromatic heterocycles. The first-order valence-corrected chi connectivity index (χ1v) is 13.3. The number of carbonyl (C=O) groups excluding carboxylic acids is 1. The highest BCUT2D eigenvalue weighted by Crippen LogP contribution is 2.33. The van der Waals surface area contributed by atoms with Gasteiger partial charge in [0.15, 0.2) is 11.0 Å². The van der Waals surface area contributed by atoms with E-state index in [1.54, 1.807) is 50.6 Å². The standard InChI is InChI=1S/C27H26Cl2N4O4S/c1-16(30-26(34)21-10-9-20(36-3)14-24(21)37-4)25-31-32-27(33(25)23-13-18(28)8-11-22(23)29)38-15-17-6-5-7-19(12-17)35-2/h5-14,16H,15H2,1-4H3,(H,30,34). The molecule has 3 aromatic carbocycles. The van der Waals surface area contributed by atoms with Gasteiger partial charge in [-0.2, -0.15) is 0 Å². The highest BCUT2D eigenvalue weighted by molar-refractivity contribution is 7.98. The fraction of sp³-hybridized carbons (Fsp3) is 0.222. The largest absolute Gasteiger partial charge is 0.497 e. The fourth-order valence-electron chi connectivity index (χ4n) is 3.77. The molecule has 1 atom stereocenters. The van der Waals surface area contributed by atoms with E-state index in [-0.39, 0.29) is 5.91 Å². The van der Waals surface area contributed by atoms with Crippen LogP contribution in [0.15, 0.2) is 65.8 Å². The Balaban J connectivity index is 1.66. The summed E-state index contributed by atoms with van der Waals surface area (Å²) in [6, 6.07) is 17.4. The molecule has 0 fully saturated rings. The number of hydrogen-bond donors (Lipinski definition) is 1. The van der Waals surface area contributed by atoms with Gasteiger partial charge in [-0.3, -0.25) is 9.36 Å². The second-order valence-corrected chi connectivity index (χ2v) is 9.96. The number of rotatable bonds is 10. The molecule has 0 saturated carbocycles. The van der Waals surface area contributed by atoms with Crippen molar-refractivity contribution in [3.8, 4) is 22.9 Å². The molecule has 1 N–H and O–H groups in total. The molecule has 8 nitrogen and oxygen atoms in total. The lowest BCUT2D eigenvalue weighted by Crippen LogP contribution is -2.29. The molecule has 1 heterocycles. The Bertz CT molecular complexity index is 1450. The zero-order valence-corrected chi connectivity index (χ0v) is 23.5. The molecule has 0 aliphatic heterocycles. The summed E-state index contributed by atoms with van der Waals surface area (Å²) < 4.78 is 17.8. The summed E-state index contributed by atoms with van der Waals surface area (Å²) in [6.45, 7) is 1.82. The van der Waals surface area contributed by atoms with Crippen LogP contribution in [0.25, 0.3) is 5.69 Å². The molecular weight excluding hydrogens is 547 g/mol. The molecule has 0 aliphatic rings. The normalized spacial score (nSPS) is 11.6. The topological polar surface area (TPSA) is 87.5 Å². The summed E-state index contributed by atoms with van der Waals surface area (Å²) in [5, 5.41) is 13.4. The van der Waals surface area contributed by atoms with Crippen LogP contribution in [0.1, 0.15) is 34.7 Å². The third-order valence-electron chi connectivity index (χ3n) is 5.70. The third-order valence-corrected chi connectivity index (χ3v) is 7.25. The van der Waals surface area contributed by atoms with Gasteiger partial charge in [0.25, 0.3) is 5.91 Å². The van der Waals surface area contributed by atoms with Crippen LogP contribution in [0.2, 0.25) is 10.0 Å². The molecule has 1 amide bonds. The van der Waals surface area contributed by atoms with Crippen molar-refractivity contribution in [3.05, 3.63) is 87.7 Å². The maximum absolute atomic E-state index is 13.2. The highest BCUT2D eigenvalue weighted by Gasteiger charge is 2.24. The highest BCUT2D eigenvalue weighted by atomic mass is 35.5. The van der Waals surface area contributed by atoms with Crippen molar-refractivity contribution < 1.29 is 19.0 Å². The van der Waals surface area contributed by atoms with Crippen molar-refractivity contribution in [2.24, 2.45) is 0 Å². The number of nitrogens with one attached hydrogen (secondary N) is 1. The predicted molar refractivity (Wildman–Crippen MR) is 149 cm³/mol. The SMILES string of the molecule is COc1cccc(CSc2nnc(C(C)NC(=O)c3ccc(OC)cc3OC)n2-c2cc(Cl)ccc2Cl)c1. The molecular formula is C27H26Cl2N4O4S. The van der Waals surface area contributed by atoms with E-state index in [9.17, 15) is 4.79 Å². The number of halogens is 2. The van der Waals surface area contributed by atoms with Crippen molar-refractivity contribution in [2.75, 3.05) is 21.3 Å². The van der Waals surface area contributed by atoms with Gasteiger partial charge in [-0.05, 0) is 55.0 Å². The Hall–Kier alpha value is -3.40. The molecule has 1 unspecified atom stereocenters. The molecule has 0 spiro atoms. The molecule has 198 valence electrons. The fourth-order valence-corrected chi connectivity index (χ4v) is 5.04. The van der Waals surface area contributed by atoms with Gasteiger partial charge in [-0.25, -0.2) is 0 Å². The minimum atomic E-state index is -0.539. The first-order chi connectivity index (χ1) is 18.3. The van der Waals surface area contributed by atoms with Crippen molar-refractivity contribution in [2.45, 2.75) is 23.9 Å². The lowest BCUT2D eigenvalue weighted by Gasteiger charge is -2.18. The quantitative estimate of drug-likeness (QED) is 0.220. The van der Waals surface area contributed by atoms with Gasteiger partial charge in [0.05, 0.1) is 43.6 Å². The van der Waals surface area contributed by atoms with Crippen molar-refractivity contribution in [1.82, 2.24) is 20.1 Å². The molecule has 11 heteroatoms. The summed E-state index contributed by atoms with van der Waals surface area (Å²) in [6.07, 6.45) is 0. The van der Waals surface area contributed by atoms with Crippen LogP contribution in [-0.4, -0.2) is 42.0 Å². The number of amides is 1. The Labute approximate surface area is 235 Å². The van der Waals surface area contributed by atoms with E-state index in [2.05, 4.69) is 15.5 Å². The number of hydrogen-bond acceptors (Lipinski definition) is 7. The van der Waals surface area contributed by atoms with Crippen LogP contribution in [-0.2, 0) is 5.75 Å². The lowest BCUT2D eigenvalue weighted by molar-refractivity contribution is 0.0935. The monoisotopic (exact) mass is 572 g/mol. The molecule has 0 saturated heterocycles. The molecule has 0 radical (unpaired) electrons. The van der Waals surface area contributed by atoms with E-state index in [1.807, 2.05) is 35.8 Å². The molecule has 4 rings (SSSR count). The van der Waals surface area contributed by atoms with Crippen LogP contribution in [0.4, 0.5) is 0 Å². The predicted octanol–water partition coefficient (Wildman–Crippen LogP) is 6.38. The van der Waals surface area contributed by atoms with Gasteiger partial charge >= 0.3 is 0 Å². The second-order valence-electron chi connectivity index (χ2n) is 8.17. The summed E-state index contributed by atoms with van der Waals surface area (Å²) in [4.78, 5) is 13.2. The van der Waals surface area contributed by atoms with Gasteiger partial charge in [0.2, 0.25) is 0 Å². The zero-order chi connectivity index (χ0) is 27.2. The number of ether oxygens (including phenoxy) is 3. The van der Waals surface area contributed by atoms with Crippen molar-refractivity contribution in [3.63, 3.8) is 0 Å². The number of benzene rings is 3. The van der Waals surface area contributed by atoms with Gasteiger partial charge in [-0.1, -0.05) is 47.1 Å². The van der Waals surface area contributed by atoms with Crippen LogP contribution in [0.5, 0.6) is 17.2 Å². The number of carbonyl (C=O) groups is 1. The second kappa shape index (κ2) is 12.4. The maximum atomic E-state index is 13.2.